The zero-order valence-electron chi connectivity index (χ0n) is 16.1. The molecule has 7 nitrogen and oxygen atoms in total. The number of aromatic nitrogens is 1. The molecule has 0 bridgehead atoms. The molecule has 0 aliphatic carbocycles. The highest BCUT2D eigenvalue weighted by Gasteiger charge is 2.14. The lowest BCUT2D eigenvalue weighted by atomic mass is 10.2. The van der Waals surface area contributed by atoms with Crippen molar-refractivity contribution in [2.24, 2.45) is 0 Å². The van der Waals surface area contributed by atoms with Gasteiger partial charge in [-0.1, -0.05) is 34.5 Å². The maximum Gasteiger partial charge on any atom is 0.293 e. The number of fused-ring (bicyclic) bond motifs is 1. The summed E-state index contributed by atoms with van der Waals surface area (Å²) in [6.07, 6.45) is 1.42. The van der Waals surface area contributed by atoms with Crippen LogP contribution in [0.25, 0.3) is 10.2 Å². The highest BCUT2D eigenvalue weighted by molar-refractivity contribution is 7.22. The molecular formula is C21H15Cl2N3O4S. The number of hydrogen-bond acceptors (Lipinski definition) is 6. The molecular weight excluding hydrogens is 461 g/mol. The second kappa shape index (κ2) is 8.97. The van der Waals surface area contributed by atoms with Crippen molar-refractivity contribution in [2.75, 3.05) is 17.2 Å². The van der Waals surface area contributed by atoms with Crippen LogP contribution >= 0.6 is 34.5 Å². The average Bonchev–Trinajstić information content (AvgIpc) is 3.36. The number of amides is 2. The Bertz CT molecular complexity index is 1250. The molecule has 31 heavy (non-hydrogen) atoms. The number of halogens is 2. The van der Waals surface area contributed by atoms with E-state index in [1.54, 1.807) is 49.4 Å². The predicted octanol–water partition coefficient (Wildman–Crippen LogP) is 5.77. The van der Waals surface area contributed by atoms with Gasteiger partial charge < -0.3 is 14.5 Å². The molecule has 2 N–H and O–H groups in total. The Morgan fingerprint density at radius 1 is 1.16 bits per heavy atom. The van der Waals surface area contributed by atoms with Crippen LogP contribution in [-0.4, -0.2) is 23.4 Å². The first kappa shape index (κ1) is 21.2. The van der Waals surface area contributed by atoms with Gasteiger partial charge in [0.25, 0.3) is 11.8 Å². The summed E-state index contributed by atoms with van der Waals surface area (Å²) >= 11 is 13.4. The Kier molecular flexibility index (Phi) is 6.13. The van der Waals surface area contributed by atoms with E-state index in [-0.39, 0.29) is 24.2 Å². The minimum Gasteiger partial charge on any atom is -0.482 e. The highest BCUT2D eigenvalue weighted by atomic mass is 35.5. The van der Waals surface area contributed by atoms with Crippen molar-refractivity contribution in [2.45, 2.75) is 6.92 Å². The first-order valence-corrected chi connectivity index (χ1v) is 10.6. The molecule has 0 aliphatic rings. The van der Waals surface area contributed by atoms with Crippen LogP contribution in [0.2, 0.25) is 10.0 Å². The van der Waals surface area contributed by atoms with Gasteiger partial charge in [0.05, 0.1) is 21.5 Å². The first-order chi connectivity index (χ1) is 14.9. The van der Waals surface area contributed by atoms with Crippen molar-refractivity contribution in [3.63, 3.8) is 0 Å². The van der Waals surface area contributed by atoms with Gasteiger partial charge in [-0.15, -0.1) is 0 Å². The number of hydrogen-bond donors (Lipinski definition) is 2. The Labute approximate surface area is 190 Å². The van der Waals surface area contributed by atoms with Crippen LogP contribution in [0.15, 0.2) is 53.1 Å². The third kappa shape index (κ3) is 4.99. The number of carbonyl (C=O) groups is 2. The van der Waals surface area contributed by atoms with Gasteiger partial charge in [0, 0.05) is 10.7 Å². The molecule has 0 atom stereocenters. The fourth-order valence-electron chi connectivity index (χ4n) is 2.83. The second-order valence-corrected chi connectivity index (χ2v) is 8.38. The summed E-state index contributed by atoms with van der Waals surface area (Å²) in [5.74, 6) is -0.120. The minimum atomic E-state index is -0.383. The van der Waals surface area contributed by atoms with E-state index in [1.165, 1.54) is 17.6 Å². The normalized spacial score (nSPS) is 10.8. The van der Waals surface area contributed by atoms with E-state index in [2.05, 4.69) is 15.6 Å². The van der Waals surface area contributed by atoms with Gasteiger partial charge in [0.15, 0.2) is 17.5 Å². The van der Waals surface area contributed by atoms with Gasteiger partial charge in [-0.3, -0.25) is 14.9 Å². The molecule has 0 saturated heterocycles. The van der Waals surface area contributed by atoms with Crippen LogP contribution in [-0.2, 0) is 4.79 Å². The summed E-state index contributed by atoms with van der Waals surface area (Å²) in [6.45, 7) is 1.58. The largest absolute Gasteiger partial charge is 0.482 e. The standard InChI is InChI=1S/C21H15Cl2N3O4S/c1-11-7-12(22)8-14(23)19(11)30-10-18(27)24-13-4-5-15-17(9-13)31-21(25-15)26-20(28)16-3-2-6-29-16/h2-9H,10H2,1H3,(H,24,27)(H,25,26,28). The highest BCUT2D eigenvalue weighted by Crippen LogP contribution is 2.32. The number of benzene rings is 2. The lowest BCUT2D eigenvalue weighted by molar-refractivity contribution is -0.118. The average molecular weight is 476 g/mol. The third-order valence-electron chi connectivity index (χ3n) is 4.18. The van der Waals surface area contributed by atoms with E-state index in [1.807, 2.05) is 0 Å². The molecule has 4 rings (SSSR count). The number of anilines is 2. The van der Waals surface area contributed by atoms with Gasteiger partial charge in [-0.05, 0) is 55.0 Å². The summed E-state index contributed by atoms with van der Waals surface area (Å²) in [5, 5.41) is 6.73. The molecule has 10 heteroatoms. The zero-order valence-corrected chi connectivity index (χ0v) is 18.4. The number of nitrogens with zero attached hydrogens (tertiary/aromatic N) is 1. The number of carbonyl (C=O) groups excluding carboxylic acids is 2. The van der Waals surface area contributed by atoms with Gasteiger partial charge in [-0.25, -0.2) is 4.98 Å². The van der Waals surface area contributed by atoms with Crippen LogP contribution in [0.3, 0.4) is 0 Å². The molecule has 2 heterocycles. The molecule has 0 radical (unpaired) electrons. The van der Waals surface area contributed by atoms with Gasteiger partial charge in [0.2, 0.25) is 0 Å². The van der Waals surface area contributed by atoms with Gasteiger partial charge >= 0.3 is 0 Å². The molecule has 158 valence electrons. The molecule has 2 amide bonds. The third-order valence-corrected chi connectivity index (χ3v) is 5.61. The van der Waals surface area contributed by atoms with E-state index < -0.39 is 0 Å². The number of furan rings is 1. The molecule has 0 aliphatic heterocycles. The lowest BCUT2D eigenvalue weighted by Crippen LogP contribution is -2.20. The quantitative estimate of drug-likeness (QED) is 0.368. The fourth-order valence-corrected chi connectivity index (χ4v) is 4.38. The van der Waals surface area contributed by atoms with Crippen LogP contribution in [0.5, 0.6) is 5.75 Å². The summed E-state index contributed by atoms with van der Waals surface area (Å²) < 4.78 is 11.4. The molecule has 0 unspecified atom stereocenters. The zero-order chi connectivity index (χ0) is 22.0. The predicted molar refractivity (Wildman–Crippen MR) is 122 cm³/mol. The maximum absolute atomic E-state index is 12.3. The summed E-state index contributed by atoms with van der Waals surface area (Å²) in [5.41, 5.74) is 2.01. The number of nitrogens with one attached hydrogen (secondary N) is 2. The molecule has 0 spiro atoms. The SMILES string of the molecule is Cc1cc(Cl)cc(Cl)c1OCC(=O)Nc1ccc2nc(NC(=O)c3ccco3)sc2c1. The van der Waals surface area contributed by atoms with Crippen LogP contribution in [0.1, 0.15) is 16.1 Å². The van der Waals surface area contributed by atoms with Gasteiger partial charge in [-0.2, -0.15) is 0 Å². The fraction of sp³-hybridized carbons (Fsp3) is 0.0952. The summed E-state index contributed by atoms with van der Waals surface area (Å²) in [4.78, 5) is 28.8. The minimum absolute atomic E-state index is 0.197. The van der Waals surface area contributed by atoms with Crippen molar-refractivity contribution >= 4 is 67.4 Å². The Hall–Kier alpha value is -3.07. The maximum atomic E-state index is 12.3. The Morgan fingerprint density at radius 3 is 2.74 bits per heavy atom. The van der Waals surface area contributed by atoms with E-state index in [0.29, 0.717) is 32.1 Å². The van der Waals surface area contributed by atoms with Crippen molar-refractivity contribution in [3.8, 4) is 5.75 Å². The second-order valence-electron chi connectivity index (χ2n) is 6.50. The Balaban J connectivity index is 1.40. The van der Waals surface area contributed by atoms with Crippen LogP contribution in [0.4, 0.5) is 10.8 Å². The number of ether oxygens (including phenoxy) is 1. The van der Waals surface area contributed by atoms with Crippen molar-refractivity contribution in [1.29, 1.82) is 0 Å². The molecule has 0 fully saturated rings. The molecule has 2 aromatic heterocycles. The summed E-state index contributed by atoms with van der Waals surface area (Å²) in [7, 11) is 0. The number of rotatable bonds is 6. The molecule has 4 aromatic rings. The van der Waals surface area contributed by atoms with Crippen LogP contribution in [0, 0.1) is 6.92 Å². The summed E-state index contributed by atoms with van der Waals surface area (Å²) in [6, 6.07) is 11.7. The molecule has 2 aromatic carbocycles. The van der Waals surface area contributed by atoms with E-state index in [9.17, 15) is 9.59 Å². The van der Waals surface area contributed by atoms with E-state index in [4.69, 9.17) is 32.4 Å². The van der Waals surface area contributed by atoms with Crippen molar-refractivity contribution in [1.82, 2.24) is 4.98 Å². The number of thiazole rings is 1. The van der Waals surface area contributed by atoms with Crippen molar-refractivity contribution < 1.29 is 18.7 Å². The smallest absolute Gasteiger partial charge is 0.293 e. The Morgan fingerprint density at radius 2 is 2.00 bits per heavy atom. The van der Waals surface area contributed by atoms with Crippen LogP contribution < -0.4 is 15.4 Å². The van der Waals surface area contributed by atoms with Gasteiger partial charge in [0.1, 0.15) is 5.75 Å². The monoisotopic (exact) mass is 475 g/mol. The van der Waals surface area contributed by atoms with E-state index >= 15 is 0 Å². The first-order valence-electron chi connectivity index (χ1n) is 9.03. The van der Waals surface area contributed by atoms with Crippen molar-refractivity contribution in [3.05, 3.63) is 70.1 Å². The van der Waals surface area contributed by atoms with E-state index in [0.717, 1.165) is 10.3 Å². The number of aryl methyl sites for hydroxylation is 1. The topological polar surface area (TPSA) is 93.5 Å². The molecule has 0 saturated carbocycles. The lowest BCUT2D eigenvalue weighted by Gasteiger charge is -2.11.